The lowest BCUT2D eigenvalue weighted by Crippen LogP contribution is -2.38. The van der Waals surface area contributed by atoms with E-state index in [-0.39, 0.29) is 22.6 Å². The van der Waals surface area contributed by atoms with Crippen LogP contribution in [0.3, 0.4) is 0 Å². The minimum atomic E-state index is -1.88. The van der Waals surface area contributed by atoms with Crippen LogP contribution < -0.4 is 0 Å². The third kappa shape index (κ3) is 2.16. The van der Waals surface area contributed by atoms with E-state index in [1.54, 1.807) is 24.3 Å². The van der Waals surface area contributed by atoms with Gasteiger partial charge in [0.15, 0.2) is 0 Å². The van der Waals surface area contributed by atoms with Crippen LogP contribution >= 0.6 is 0 Å². The molecule has 19 heavy (non-hydrogen) atoms. The van der Waals surface area contributed by atoms with Crippen molar-refractivity contribution in [3.05, 3.63) is 59.7 Å². The Morgan fingerprint density at radius 2 is 1.21 bits per heavy atom. The topological polar surface area (TPSA) is 80.9 Å². The van der Waals surface area contributed by atoms with Gasteiger partial charge >= 0.3 is 0 Å². The maximum atomic E-state index is 10.8. The zero-order chi connectivity index (χ0) is 14.0. The second-order valence-electron chi connectivity index (χ2n) is 4.48. The molecule has 0 aliphatic carbocycles. The molecule has 0 aliphatic rings. The van der Waals surface area contributed by atoms with Gasteiger partial charge in [0, 0.05) is 11.1 Å². The van der Waals surface area contributed by atoms with E-state index in [9.17, 15) is 20.4 Å². The molecular weight excluding hydrogens is 244 g/mol. The number of aromatic hydroxyl groups is 2. The van der Waals surface area contributed by atoms with Crippen LogP contribution in [0.1, 0.15) is 18.1 Å². The largest absolute Gasteiger partial charge is 0.508 e. The standard InChI is InChI=1S/C15H16O4/c1-10(16)15(19,11-6-2-4-8-13(11)17)12-7-3-5-9-14(12)18/h2-10,16-19H,1H3. The highest BCUT2D eigenvalue weighted by Crippen LogP contribution is 2.41. The maximum absolute atomic E-state index is 10.8. The first-order valence-corrected chi connectivity index (χ1v) is 5.95. The highest BCUT2D eigenvalue weighted by atomic mass is 16.3. The number of hydrogen-bond donors (Lipinski definition) is 4. The molecule has 1 unspecified atom stereocenters. The molecule has 100 valence electrons. The molecule has 0 fully saturated rings. The molecular formula is C15H16O4. The molecule has 0 radical (unpaired) electrons. The Morgan fingerprint density at radius 1 is 0.842 bits per heavy atom. The number of phenols is 2. The van der Waals surface area contributed by atoms with E-state index < -0.39 is 11.7 Å². The molecule has 0 aromatic heterocycles. The number of benzene rings is 2. The average Bonchev–Trinajstić information content (AvgIpc) is 2.38. The molecule has 4 N–H and O–H groups in total. The van der Waals surface area contributed by atoms with Gasteiger partial charge in [-0.25, -0.2) is 0 Å². The first-order valence-electron chi connectivity index (χ1n) is 5.95. The van der Waals surface area contributed by atoms with E-state index >= 15 is 0 Å². The number of hydrogen-bond acceptors (Lipinski definition) is 4. The van der Waals surface area contributed by atoms with Crippen LogP contribution in [0.5, 0.6) is 11.5 Å². The lowest BCUT2D eigenvalue weighted by atomic mass is 9.81. The van der Waals surface area contributed by atoms with Gasteiger partial charge in [-0.1, -0.05) is 36.4 Å². The van der Waals surface area contributed by atoms with Crippen LogP contribution in [-0.4, -0.2) is 26.5 Å². The fourth-order valence-electron chi connectivity index (χ4n) is 2.19. The number of para-hydroxylation sites is 2. The summed E-state index contributed by atoms with van der Waals surface area (Å²) in [4.78, 5) is 0. The van der Waals surface area contributed by atoms with Crippen LogP contribution in [0.25, 0.3) is 0 Å². The van der Waals surface area contributed by atoms with Crippen LogP contribution in [0.4, 0.5) is 0 Å². The lowest BCUT2D eigenvalue weighted by molar-refractivity contribution is -0.0420. The van der Waals surface area contributed by atoms with Crippen LogP contribution in [0.15, 0.2) is 48.5 Å². The third-order valence-electron chi connectivity index (χ3n) is 3.23. The Labute approximate surface area is 111 Å². The van der Waals surface area contributed by atoms with E-state index in [0.717, 1.165) is 0 Å². The molecule has 0 aliphatic heterocycles. The zero-order valence-electron chi connectivity index (χ0n) is 10.5. The summed E-state index contributed by atoms with van der Waals surface area (Å²) in [5.41, 5.74) is -1.59. The predicted octanol–water partition coefficient (Wildman–Crippen LogP) is 1.71. The quantitative estimate of drug-likeness (QED) is 0.677. The van der Waals surface area contributed by atoms with Crippen molar-refractivity contribution < 1.29 is 20.4 Å². The molecule has 0 amide bonds. The number of aliphatic hydroxyl groups excluding tert-OH is 1. The van der Waals surface area contributed by atoms with Crippen molar-refractivity contribution in [2.24, 2.45) is 0 Å². The van der Waals surface area contributed by atoms with Crippen molar-refractivity contribution in [3.8, 4) is 11.5 Å². The summed E-state index contributed by atoms with van der Waals surface area (Å²) >= 11 is 0. The zero-order valence-corrected chi connectivity index (χ0v) is 10.5. The Balaban J connectivity index is 2.70. The van der Waals surface area contributed by atoms with Crippen molar-refractivity contribution in [1.29, 1.82) is 0 Å². The summed E-state index contributed by atoms with van der Waals surface area (Å²) in [6.07, 6.45) is -1.21. The van der Waals surface area contributed by atoms with Crippen LogP contribution in [-0.2, 0) is 5.60 Å². The van der Waals surface area contributed by atoms with Gasteiger partial charge < -0.3 is 20.4 Å². The number of aliphatic hydroxyl groups is 2. The van der Waals surface area contributed by atoms with Gasteiger partial charge in [-0.05, 0) is 19.1 Å². The molecule has 0 spiro atoms. The van der Waals surface area contributed by atoms with Crippen LogP contribution in [0, 0.1) is 0 Å². The molecule has 1 atom stereocenters. The molecule has 2 aromatic carbocycles. The summed E-state index contributed by atoms with van der Waals surface area (Å²) in [6, 6.07) is 12.4. The first-order chi connectivity index (χ1) is 8.98. The molecule has 4 heteroatoms. The van der Waals surface area contributed by atoms with E-state index in [4.69, 9.17) is 0 Å². The van der Waals surface area contributed by atoms with Crippen LogP contribution in [0.2, 0.25) is 0 Å². The van der Waals surface area contributed by atoms with Gasteiger partial charge in [-0.2, -0.15) is 0 Å². The highest BCUT2D eigenvalue weighted by Gasteiger charge is 2.40. The second-order valence-corrected chi connectivity index (χ2v) is 4.48. The highest BCUT2D eigenvalue weighted by molar-refractivity contribution is 5.49. The van der Waals surface area contributed by atoms with Crippen molar-refractivity contribution in [1.82, 2.24) is 0 Å². The molecule has 0 bridgehead atoms. The Hall–Kier alpha value is -2.04. The molecule has 0 saturated heterocycles. The molecule has 2 aromatic rings. The van der Waals surface area contributed by atoms with Gasteiger partial charge in [-0.3, -0.25) is 0 Å². The summed E-state index contributed by atoms with van der Waals surface area (Å²) in [7, 11) is 0. The van der Waals surface area contributed by atoms with Gasteiger partial charge in [-0.15, -0.1) is 0 Å². The fourth-order valence-corrected chi connectivity index (χ4v) is 2.19. The summed E-state index contributed by atoms with van der Waals surface area (Å²) < 4.78 is 0. The smallest absolute Gasteiger partial charge is 0.147 e. The molecule has 4 nitrogen and oxygen atoms in total. The molecule has 0 saturated carbocycles. The number of phenolic OH excluding ortho intramolecular Hbond substituents is 2. The van der Waals surface area contributed by atoms with Gasteiger partial charge in [0.25, 0.3) is 0 Å². The average molecular weight is 260 g/mol. The minimum Gasteiger partial charge on any atom is -0.508 e. The normalized spacial score (nSPS) is 13.2. The van der Waals surface area contributed by atoms with Gasteiger partial charge in [0.1, 0.15) is 17.1 Å². The summed E-state index contributed by atoms with van der Waals surface area (Å²) in [6.45, 7) is 1.40. The van der Waals surface area contributed by atoms with E-state index in [0.29, 0.717) is 0 Å². The molecule has 2 rings (SSSR count). The fraction of sp³-hybridized carbons (Fsp3) is 0.200. The Bertz CT molecular complexity index is 532. The minimum absolute atomic E-state index is 0.144. The van der Waals surface area contributed by atoms with Gasteiger partial charge in [0.05, 0.1) is 6.10 Å². The van der Waals surface area contributed by atoms with E-state index in [1.807, 2.05) is 0 Å². The van der Waals surface area contributed by atoms with E-state index in [2.05, 4.69) is 0 Å². The summed E-state index contributed by atoms with van der Waals surface area (Å²) in [5.74, 6) is -0.289. The Kier molecular flexibility index (Phi) is 3.46. The van der Waals surface area contributed by atoms with Crippen molar-refractivity contribution in [2.45, 2.75) is 18.6 Å². The SMILES string of the molecule is CC(O)C(O)(c1ccccc1O)c1ccccc1O. The first kappa shape index (κ1) is 13.4. The van der Waals surface area contributed by atoms with Crippen molar-refractivity contribution in [3.63, 3.8) is 0 Å². The third-order valence-corrected chi connectivity index (χ3v) is 3.23. The van der Waals surface area contributed by atoms with Gasteiger partial charge in [0.2, 0.25) is 0 Å². The summed E-state index contributed by atoms with van der Waals surface area (Å²) in [5, 5.41) is 40.6. The Morgan fingerprint density at radius 3 is 1.53 bits per heavy atom. The monoisotopic (exact) mass is 260 g/mol. The van der Waals surface area contributed by atoms with Crippen molar-refractivity contribution in [2.75, 3.05) is 0 Å². The maximum Gasteiger partial charge on any atom is 0.147 e. The number of rotatable bonds is 3. The molecule has 0 heterocycles. The van der Waals surface area contributed by atoms with Crippen molar-refractivity contribution >= 4 is 0 Å². The lowest BCUT2D eigenvalue weighted by Gasteiger charge is -2.33. The van der Waals surface area contributed by atoms with E-state index in [1.165, 1.54) is 31.2 Å². The second kappa shape index (κ2) is 4.91. The predicted molar refractivity (Wildman–Crippen MR) is 70.9 cm³/mol.